The first-order valence-electron chi connectivity index (χ1n) is 18.6. The Morgan fingerprint density at radius 2 is 0.981 bits per heavy atom. The van der Waals surface area contributed by atoms with Gasteiger partial charge in [-0.1, -0.05) is 153 Å². The molecule has 0 radical (unpaired) electrons. The normalized spacial score (nSPS) is 13.1. The molecule has 54 heavy (non-hydrogen) atoms. The summed E-state index contributed by atoms with van der Waals surface area (Å²) < 4.78 is 6.30. The van der Waals surface area contributed by atoms with Crippen LogP contribution in [0.1, 0.15) is 25.0 Å². The summed E-state index contributed by atoms with van der Waals surface area (Å²) in [4.78, 5) is 10.5. The first kappa shape index (κ1) is 30.8. The van der Waals surface area contributed by atoms with Crippen molar-refractivity contribution >= 4 is 43.5 Å². The molecule has 3 heteroatoms. The third kappa shape index (κ3) is 4.55. The second-order valence-corrected chi connectivity index (χ2v) is 14.9. The van der Waals surface area contributed by atoms with Crippen LogP contribution in [-0.2, 0) is 5.41 Å². The Bertz CT molecular complexity index is 3130. The van der Waals surface area contributed by atoms with Crippen LogP contribution in [0.5, 0.6) is 0 Å². The van der Waals surface area contributed by atoms with Crippen LogP contribution in [0.4, 0.5) is 0 Å². The molecule has 0 aliphatic heterocycles. The summed E-state index contributed by atoms with van der Waals surface area (Å²) in [5.41, 5.74) is 14.2. The minimum absolute atomic E-state index is 0.190. The molecule has 0 amide bonds. The minimum Gasteiger partial charge on any atom is -0.456 e. The third-order valence-corrected chi connectivity index (χ3v) is 11.5. The van der Waals surface area contributed by atoms with Crippen LogP contribution in [0.3, 0.4) is 0 Å². The molecule has 0 bridgehead atoms. The maximum absolute atomic E-state index is 6.30. The summed E-state index contributed by atoms with van der Waals surface area (Å²) in [6.45, 7) is 4.77. The van der Waals surface area contributed by atoms with E-state index in [1.165, 1.54) is 49.5 Å². The monoisotopic (exact) mass is 690 g/mol. The average molecular weight is 691 g/mol. The largest absolute Gasteiger partial charge is 0.456 e. The van der Waals surface area contributed by atoms with Gasteiger partial charge in [-0.3, -0.25) is 0 Å². The smallest absolute Gasteiger partial charge is 0.161 e. The molecule has 2 aromatic heterocycles. The Labute approximate surface area is 313 Å². The van der Waals surface area contributed by atoms with Crippen LogP contribution in [0.25, 0.3) is 99.6 Å². The molecule has 254 valence electrons. The van der Waals surface area contributed by atoms with E-state index in [0.717, 1.165) is 55.4 Å². The summed E-state index contributed by atoms with van der Waals surface area (Å²) in [6, 6.07) is 60.5. The first-order valence-corrected chi connectivity index (χ1v) is 18.6. The average Bonchev–Trinajstić information content (AvgIpc) is 3.72. The Balaban J connectivity index is 1.10. The van der Waals surface area contributed by atoms with Crippen molar-refractivity contribution in [1.29, 1.82) is 0 Å². The predicted octanol–water partition coefficient (Wildman–Crippen LogP) is 13.7. The van der Waals surface area contributed by atoms with E-state index >= 15 is 0 Å². The number of benzene rings is 8. The van der Waals surface area contributed by atoms with Gasteiger partial charge in [0.1, 0.15) is 11.2 Å². The zero-order valence-corrected chi connectivity index (χ0v) is 30.0. The quantitative estimate of drug-likeness (QED) is 0.184. The van der Waals surface area contributed by atoms with E-state index < -0.39 is 0 Å². The van der Waals surface area contributed by atoms with Crippen LogP contribution >= 0.6 is 0 Å². The van der Waals surface area contributed by atoms with Crippen molar-refractivity contribution in [3.63, 3.8) is 0 Å². The van der Waals surface area contributed by atoms with Crippen LogP contribution in [0.15, 0.2) is 174 Å². The molecular weight excluding hydrogens is 657 g/mol. The Morgan fingerprint density at radius 3 is 1.80 bits per heavy atom. The Morgan fingerprint density at radius 1 is 0.389 bits per heavy atom. The van der Waals surface area contributed by atoms with E-state index in [4.69, 9.17) is 14.4 Å². The van der Waals surface area contributed by atoms with Gasteiger partial charge in [0, 0.05) is 32.9 Å². The highest BCUT2D eigenvalue weighted by Gasteiger charge is 2.39. The van der Waals surface area contributed by atoms with Crippen LogP contribution < -0.4 is 0 Å². The zero-order chi connectivity index (χ0) is 36.0. The molecule has 0 N–H and O–H groups in total. The number of nitrogens with zero attached hydrogens (tertiary/aromatic N) is 2. The first-order chi connectivity index (χ1) is 26.5. The summed E-state index contributed by atoms with van der Waals surface area (Å²) in [5.74, 6) is 0.691. The molecule has 0 fully saturated rings. The van der Waals surface area contributed by atoms with Gasteiger partial charge in [0.15, 0.2) is 5.82 Å². The van der Waals surface area contributed by atoms with Crippen LogP contribution in [-0.4, -0.2) is 9.97 Å². The lowest BCUT2D eigenvalue weighted by Crippen LogP contribution is -2.17. The number of furan rings is 1. The van der Waals surface area contributed by atoms with E-state index in [1.54, 1.807) is 0 Å². The SMILES string of the molecule is CC1(C)c2c(cccc2-c2ccc(-c3nc(-c4ccccc4)cc(-c4ccc5c(c4)oc4ccccc45)n3)c3ccccc23)-c2ccc3ccccc3c21. The number of fused-ring (bicyclic) bond motifs is 9. The van der Waals surface area contributed by atoms with Crippen molar-refractivity contribution in [2.45, 2.75) is 19.3 Å². The lowest BCUT2D eigenvalue weighted by molar-refractivity contribution is 0.668. The van der Waals surface area contributed by atoms with Gasteiger partial charge in [-0.15, -0.1) is 0 Å². The molecule has 0 saturated heterocycles. The molecule has 0 atom stereocenters. The zero-order valence-electron chi connectivity index (χ0n) is 30.0. The summed E-state index contributed by atoms with van der Waals surface area (Å²) >= 11 is 0. The molecule has 0 saturated carbocycles. The highest BCUT2D eigenvalue weighted by Crippen LogP contribution is 2.55. The van der Waals surface area contributed by atoms with E-state index in [0.29, 0.717) is 5.82 Å². The van der Waals surface area contributed by atoms with Crippen molar-refractivity contribution in [2.75, 3.05) is 0 Å². The van der Waals surface area contributed by atoms with E-state index in [2.05, 4.69) is 166 Å². The molecule has 0 spiro atoms. The third-order valence-electron chi connectivity index (χ3n) is 11.5. The van der Waals surface area contributed by atoms with Crippen molar-refractivity contribution in [3.8, 4) is 56.2 Å². The second-order valence-electron chi connectivity index (χ2n) is 14.9. The van der Waals surface area contributed by atoms with Crippen molar-refractivity contribution in [2.24, 2.45) is 0 Å². The van der Waals surface area contributed by atoms with Crippen LogP contribution in [0.2, 0.25) is 0 Å². The number of para-hydroxylation sites is 1. The summed E-state index contributed by atoms with van der Waals surface area (Å²) in [6.07, 6.45) is 0. The summed E-state index contributed by atoms with van der Waals surface area (Å²) in [7, 11) is 0. The number of hydrogen-bond donors (Lipinski definition) is 0. The van der Waals surface area contributed by atoms with E-state index in [9.17, 15) is 0 Å². The van der Waals surface area contributed by atoms with Gasteiger partial charge >= 0.3 is 0 Å². The second kappa shape index (κ2) is 11.6. The number of hydrogen-bond acceptors (Lipinski definition) is 3. The van der Waals surface area contributed by atoms with Crippen molar-refractivity contribution < 1.29 is 4.42 Å². The lowest BCUT2D eigenvalue weighted by atomic mass is 9.77. The predicted molar refractivity (Wildman–Crippen MR) is 224 cm³/mol. The standard InChI is InChI=1S/C51H34N2O/c1-51(2)48-34-16-7-6-13-31(34)23-26-42(48)41-21-12-20-40(49(41)51)37-27-28-43(36-18-9-8-17-35(36)37)50-52-44(32-14-4-3-5-15-32)30-45(53-50)33-24-25-39-38-19-10-11-22-46(38)54-47(39)29-33/h3-30H,1-2H3. The Kier molecular flexibility index (Phi) is 6.60. The molecule has 0 unspecified atom stereocenters. The fourth-order valence-electron chi connectivity index (χ4n) is 9.06. The Hall–Kier alpha value is -6.84. The minimum atomic E-state index is -0.190. The topological polar surface area (TPSA) is 38.9 Å². The van der Waals surface area contributed by atoms with Gasteiger partial charge in [0.05, 0.1) is 11.4 Å². The number of aromatic nitrogens is 2. The molecule has 1 aliphatic carbocycles. The highest BCUT2D eigenvalue weighted by atomic mass is 16.3. The number of rotatable bonds is 4. The van der Waals surface area contributed by atoms with Crippen molar-refractivity contribution in [3.05, 3.63) is 181 Å². The molecule has 3 nitrogen and oxygen atoms in total. The molecule has 11 rings (SSSR count). The highest BCUT2D eigenvalue weighted by molar-refractivity contribution is 6.08. The van der Waals surface area contributed by atoms with E-state index in [1.807, 2.05) is 18.2 Å². The molecule has 1 aliphatic rings. The van der Waals surface area contributed by atoms with Gasteiger partial charge < -0.3 is 4.42 Å². The van der Waals surface area contributed by atoms with Crippen molar-refractivity contribution in [1.82, 2.24) is 9.97 Å². The van der Waals surface area contributed by atoms with Gasteiger partial charge in [-0.05, 0) is 85.3 Å². The summed E-state index contributed by atoms with van der Waals surface area (Å²) in [5, 5.41) is 7.12. The lowest BCUT2D eigenvalue weighted by Gasteiger charge is -2.26. The fourth-order valence-corrected chi connectivity index (χ4v) is 9.06. The van der Waals surface area contributed by atoms with Gasteiger partial charge in [-0.25, -0.2) is 9.97 Å². The van der Waals surface area contributed by atoms with E-state index in [-0.39, 0.29) is 5.41 Å². The fraction of sp³-hybridized carbons (Fsp3) is 0.0588. The molecule has 2 heterocycles. The maximum atomic E-state index is 6.30. The van der Waals surface area contributed by atoms with Gasteiger partial charge in [0.2, 0.25) is 0 Å². The van der Waals surface area contributed by atoms with Gasteiger partial charge in [0.25, 0.3) is 0 Å². The molecular formula is C51H34N2O. The molecule has 8 aromatic carbocycles. The molecule has 10 aromatic rings. The maximum Gasteiger partial charge on any atom is 0.161 e. The van der Waals surface area contributed by atoms with Gasteiger partial charge in [-0.2, -0.15) is 0 Å². The van der Waals surface area contributed by atoms with Crippen LogP contribution in [0, 0.1) is 0 Å².